The summed E-state index contributed by atoms with van der Waals surface area (Å²) in [6.07, 6.45) is 6.81. The van der Waals surface area contributed by atoms with Crippen molar-refractivity contribution in [1.29, 1.82) is 0 Å². The Kier molecular flexibility index (Phi) is 10.3. The molecular formula is C60H47N. The second-order valence-corrected chi connectivity index (χ2v) is 16.2. The van der Waals surface area contributed by atoms with E-state index in [2.05, 4.69) is 243 Å². The molecule has 1 heteroatoms. The Morgan fingerprint density at radius 3 is 1.51 bits per heavy atom. The highest BCUT2D eigenvalue weighted by atomic mass is 15.1. The minimum Gasteiger partial charge on any atom is -0.310 e. The molecule has 292 valence electrons. The van der Waals surface area contributed by atoms with E-state index >= 15 is 0 Å². The molecule has 0 aromatic heterocycles. The van der Waals surface area contributed by atoms with Crippen molar-refractivity contribution < 1.29 is 0 Å². The maximum absolute atomic E-state index is 2.38. The number of aryl methyl sites for hydroxylation is 3. The first kappa shape index (κ1) is 37.8. The molecule has 0 radical (unpaired) electrons. The van der Waals surface area contributed by atoms with Crippen LogP contribution in [0.4, 0.5) is 17.1 Å². The third-order valence-corrected chi connectivity index (χ3v) is 12.2. The SMILES string of the molecule is Cc1ccccc1-c1ccc(-c2ccc(N(c3ccc(-c4cccc(-c5ccccc5)c4)cc3)c3cccc(-c4cccc(-c5cccc6c5C=CCC6)c4)c3)cc2)cc1C. The van der Waals surface area contributed by atoms with E-state index in [0.29, 0.717) is 0 Å². The Labute approximate surface area is 360 Å². The van der Waals surface area contributed by atoms with E-state index in [1.54, 1.807) is 0 Å². The van der Waals surface area contributed by atoms with Crippen molar-refractivity contribution in [3.05, 3.63) is 241 Å². The van der Waals surface area contributed by atoms with E-state index in [1.807, 2.05) is 0 Å². The second-order valence-electron chi connectivity index (χ2n) is 16.2. The van der Waals surface area contributed by atoms with Crippen LogP contribution in [0.3, 0.4) is 0 Å². The summed E-state index contributed by atoms with van der Waals surface area (Å²) in [6, 6.07) is 77.7. The van der Waals surface area contributed by atoms with Gasteiger partial charge in [0.05, 0.1) is 0 Å². The zero-order chi connectivity index (χ0) is 41.1. The highest BCUT2D eigenvalue weighted by molar-refractivity contribution is 5.85. The standard InChI is InChI=1S/C60H47N/c1-42-14-6-8-25-57(42)58-37-32-52(38-43(58)2)46-30-35-55(36-31-46)61(54-33-28-45(29-34-54)49-20-10-19-48(39-49)44-15-4-3-5-16-44)56-24-12-22-51(41-56)50-21-11-23-53(40-50)60-27-13-18-47-17-7-9-26-59(47)60/h3-6,8-16,18-41H,7,17H2,1-2H3. The first-order valence-corrected chi connectivity index (χ1v) is 21.4. The number of anilines is 3. The number of rotatable bonds is 9. The summed E-state index contributed by atoms with van der Waals surface area (Å²) >= 11 is 0. The van der Waals surface area contributed by atoms with Gasteiger partial charge in [-0.3, -0.25) is 0 Å². The van der Waals surface area contributed by atoms with E-state index in [9.17, 15) is 0 Å². The second kappa shape index (κ2) is 16.6. The van der Waals surface area contributed by atoms with Gasteiger partial charge >= 0.3 is 0 Å². The predicted octanol–water partition coefficient (Wildman–Crippen LogP) is 16.7. The number of hydrogen-bond donors (Lipinski definition) is 0. The topological polar surface area (TPSA) is 3.24 Å². The van der Waals surface area contributed by atoms with Crippen LogP contribution in [0.2, 0.25) is 0 Å². The first-order valence-electron chi connectivity index (χ1n) is 21.4. The third-order valence-electron chi connectivity index (χ3n) is 12.2. The monoisotopic (exact) mass is 781 g/mol. The zero-order valence-electron chi connectivity index (χ0n) is 34.7. The van der Waals surface area contributed by atoms with E-state index in [0.717, 1.165) is 29.9 Å². The molecule has 0 aliphatic heterocycles. The maximum atomic E-state index is 2.38. The van der Waals surface area contributed by atoms with E-state index in [-0.39, 0.29) is 0 Å². The van der Waals surface area contributed by atoms with Crippen LogP contribution in [0.15, 0.2) is 218 Å². The summed E-state index contributed by atoms with van der Waals surface area (Å²) in [5, 5.41) is 0. The van der Waals surface area contributed by atoms with Crippen LogP contribution in [0, 0.1) is 13.8 Å². The lowest BCUT2D eigenvalue weighted by atomic mass is 9.89. The van der Waals surface area contributed by atoms with Crippen LogP contribution < -0.4 is 4.90 Å². The van der Waals surface area contributed by atoms with Gasteiger partial charge in [-0.1, -0.05) is 176 Å². The van der Waals surface area contributed by atoms with E-state index < -0.39 is 0 Å². The molecular weight excluding hydrogens is 735 g/mol. The fraction of sp³-hybridized carbons (Fsp3) is 0.0667. The van der Waals surface area contributed by atoms with Crippen molar-refractivity contribution in [3.63, 3.8) is 0 Å². The quantitative estimate of drug-likeness (QED) is 0.141. The van der Waals surface area contributed by atoms with E-state index in [4.69, 9.17) is 0 Å². The molecule has 0 saturated heterocycles. The van der Waals surface area contributed by atoms with Crippen LogP contribution in [0.1, 0.15) is 28.7 Å². The van der Waals surface area contributed by atoms with Gasteiger partial charge < -0.3 is 4.90 Å². The van der Waals surface area contributed by atoms with Crippen molar-refractivity contribution in [2.24, 2.45) is 0 Å². The zero-order valence-corrected chi connectivity index (χ0v) is 34.7. The largest absolute Gasteiger partial charge is 0.310 e. The van der Waals surface area contributed by atoms with E-state index in [1.165, 1.54) is 89.0 Å². The molecule has 0 N–H and O–H groups in total. The lowest BCUT2D eigenvalue weighted by Crippen LogP contribution is -2.10. The van der Waals surface area contributed by atoms with Crippen molar-refractivity contribution in [2.75, 3.05) is 4.90 Å². The molecule has 9 aromatic rings. The van der Waals surface area contributed by atoms with Crippen molar-refractivity contribution in [1.82, 2.24) is 0 Å². The average Bonchev–Trinajstić information content (AvgIpc) is 3.33. The summed E-state index contributed by atoms with van der Waals surface area (Å²) in [5.41, 5.74) is 23.4. The highest BCUT2D eigenvalue weighted by Gasteiger charge is 2.17. The van der Waals surface area contributed by atoms with Crippen LogP contribution in [0.25, 0.3) is 72.8 Å². The molecule has 0 unspecified atom stereocenters. The normalized spacial score (nSPS) is 11.9. The molecule has 61 heavy (non-hydrogen) atoms. The molecule has 0 saturated carbocycles. The molecule has 0 spiro atoms. The summed E-state index contributed by atoms with van der Waals surface area (Å²) in [5.74, 6) is 0. The van der Waals surface area contributed by atoms with Gasteiger partial charge in [0.25, 0.3) is 0 Å². The Morgan fingerprint density at radius 2 is 0.820 bits per heavy atom. The van der Waals surface area contributed by atoms with Crippen molar-refractivity contribution in [2.45, 2.75) is 26.7 Å². The van der Waals surface area contributed by atoms with Gasteiger partial charge in [0.15, 0.2) is 0 Å². The van der Waals surface area contributed by atoms with Crippen LogP contribution in [-0.2, 0) is 6.42 Å². The molecule has 0 fully saturated rings. The minimum atomic E-state index is 1.10. The third kappa shape index (κ3) is 7.75. The fourth-order valence-corrected chi connectivity index (χ4v) is 8.99. The predicted molar refractivity (Wildman–Crippen MR) is 261 cm³/mol. The summed E-state index contributed by atoms with van der Waals surface area (Å²) in [7, 11) is 0. The Bertz CT molecular complexity index is 3020. The average molecular weight is 782 g/mol. The lowest BCUT2D eigenvalue weighted by molar-refractivity contribution is 0.986. The van der Waals surface area contributed by atoms with Crippen LogP contribution in [0.5, 0.6) is 0 Å². The number of fused-ring (bicyclic) bond motifs is 1. The lowest BCUT2D eigenvalue weighted by Gasteiger charge is -2.26. The first-order chi connectivity index (χ1) is 30.1. The Hall–Kier alpha value is -7.48. The van der Waals surface area contributed by atoms with Crippen LogP contribution >= 0.6 is 0 Å². The van der Waals surface area contributed by atoms with Gasteiger partial charge in [-0.25, -0.2) is 0 Å². The Balaban J connectivity index is 1.02. The van der Waals surface area contributed by atoms with Gasteiger partial charge in [-0.05, 0) is 164 Å². The van der Waals surface area contributed by atoms with Gasteiger partial charge in [0.1, 0.15) is 0 Å². The van der Waals surface area contributed by atoms with Gasteiger partial charge in [0, 0.05) is 17.1 Å². The molecule has 1 aliphatic rings. The molecule has 10 rings (SSSR count). The summed E-state index contributed by atoms with van der Waals surface area (Å²) in [4.78, 5) is 2.38. The smallest absolute Gasteiger partial charge is 0.0467 e. The Morgan fingerprint density at radius 1 is 0.328 bits per heavy atom. The fourth-order valence-electron chi connectivity index (χ4n) is 8.99. The number of nitrogens with zero attached hydrogens (tertiary/aromatic N) is 1. The molecule has 0 bridgehead atoms. The summed E-state index contributed by atoms with van der Waals surface area (Å²) in [6.45, 7) is 4.40. The van der Waals surface area contributed by atoms with Crippen molar-refractivity contribution >= 4 is 23.1 Å². The molecule has 1 aliphatic carbocycles. The molecule has 9 aromatic carbocycles. The number of benzene rings is 9. The van der Waals surface area contributed by atoms with Crippen molar-refractivity contribution in [3.8, 4) is 66.8 Å². The molecule has 0 amide bonds. The number of hydrogen-bond acceptors (Lipinski definition) is 1. The maximum Gasteiger partial charge on any atom is 0.0467 e. The van der Waals surface area contributed by atoms with Gasteiger partial charge in [-0.2, -0.15) is 0 Å². The molecule has 1 nitrogen and oxygen atoms in total. The van der Waals surface area contributed by atoms with Gasteiger partial charge in [-0.15, -0.1) is 0 Å². The van der Waals surface area contributed by atoms with Gasteiger partial charge in [0.2, 0.25) is 0 Å². The van der Waals surface area contributed by atoms with Crippen LogP contribution in [-0.4, -0.2) is 0 Å². The highest BCUT2D eigenvalue weighted by Crippen LogP contribution is 2.40. The molecule has 0 atom stereocenters. The number of allylic oxidation sites excluding steroid dienone is 1. The molecule has 0 heterocycles. The summed E-state index contributed by atoms with van der Waals surface area (Å²) < 4.78 is 0. The minimum absolute atomic E-state index is 1.10.